The number of carbonyl (C=O) groups is 1. The molecule has 0 saturated carbocycles. The molecule has 0 atom stereocenters. The Bertz CT molecular complexity index is 348. The predicted molar refractivity (Wildman–Crippen MR) is 70.7 cm³/mol. The fraction of sp³-hybridized carbons (Fsp3) is 0.462. The van der Waals surface area contributed by atoms with Gasteiger partial charge in [-0.25, -0.2) is 0 Å². The standard InChI is InChI=1S/C13H21N3O/c1-15-9-10-16(2)13(17)8-5-11-3-6-12(14)7-4-11/h3-4,6-7,15H,5,8-10,14H2,1-2H3. The van der Waals surface area contributed by atoms with Crippen molar-refractivity contribution < 1.29 is 4.79 Å². The molecule has 0 saturated heterocycles. The Kier molecular flexibility index (Phi) is 5.49. The second-order valence-electron chi connectivity index (χ2n) is 4.16. The van der Waals surface area contributed by atoms with Crippen LogP contribution in [0.3, 0.4) is 0 Å². The molecular formula is C13H21N3O. The lowest BCUT2D eigenvalue weighted by atomic mass is 10.1. The van der Waals surface area contributed by atoms with Gasteiger partial charge in [-0.2, -0.15) is 0 Å². The molecule has 0 radical (unpaired) electrons. The number of anilines is 1. The van der Waals surface area contributed by atoms with E-state index >= 15 is 0 Å². The number of nitrogens with two attached hydrogens (primary N) is 1. The average molecular weight is 235 g/mol. The summed E-state index contributed by atoms with van der Waals surface area (Å²) in [5.74, 6) is 0.178. The van der Waals surface area contributed by atoms with E-state index < -0.39 is 0 Å². The molecule has 0 aliphatic heterocycles. The summed E-state index contributed by atoms with van der Waals surface area (Å²) < 4.78 is 0. The van der Waals surface area contributed by atoms with E-state index in [1.807, 2.05) is 38.4 Å². The van der Waals surface area contributed by atoms with Gasteiger partial charge in [-0.05, 0) is 31.2 Å². The van der Waals surface area contributed by atoms with E-state index in [1.54, 1.807) is 4.90 Å². The van der Waals surface area contributed by atoms with Gasteiger partial charge in [0.05, 0.1) is 0 Å². The van der Waals surface area contributed by atoms with E-state index in [9.17, 15) is 4.79 Å². The Balaban J connectivity index is 2.34. The molecule has 0 aliphatic carbocycles. The van der Waals surface area contributed by atoms with Gasteiger partial charge < -0.3 is 16.0 Å². The zero-order valence-corrected chi connectivity index (χ0v) is 10.6. The molecule has 0 unspecified atom stereocenters. The van der Waals surface area contributed by atoms with Crippen molar-refractivity contribution in [3.05, 3.63) is 29.8 Å². The number of hydrogen-bond acceptors (Lipinski definition) is 3. The molecule has 4 nitrogen and oxygen atoms in total. The summed E-state index contributed by atoms with van der Waals surface area (Å²) in [6.45, 7) is 1.57. The van der Waals surface area contributed by atoms with Crippen molar-refractivity contribution >= 4 is 11.6 Å². The van der Waals surface area contributed by atoms with Crippen molar-refractivity contribution in [2.75, 3.05) is 32.9 Å². The van der Waals surface area contributed by atoms with Crippen molar-refractivity contribution in [3.63, 3.8) is 0 Å². The molecule has 94 valence electrons. The van der Waals surface area contributed by atoms with Gasteiger partial charge in [-0.15, -0.1) is 0 Å². The normalized spacial score (nSPS) is 10.2. The van der Waals surface area contributed by atoms with Crippen molar-refractivity contribution in [2.45, 2.75) is 12.8 Å². The van der Waals surface area contributed by atoms with E-state index in [4.69, 9.17) is 5.73 Å². The summed E-state index contributed by atoms with van der Waals surface area (Å²) >= 11 is 0. The van der Waals surface area contributed by atoms with Crippen LogP contribution in [0.25, 0.3) is 0 Å². The van der Waals surface area contributed by atoms with Crippen molar-refractivity contribution in [3.8, 4) is 0 Å². The number of benzene rings is 1. The second kappa shape index (κ2) is 6.91. The molecule has 0 bridgehead atoms. The second-order valence-corrected chi connectivity index (χ2v) is 4.16. The Labute approximate surface area is 103 Å². The van der Waals surface area contributed by atoms with Crippen LogP contribution in [0.1, 0.15) is 12.0 Å². The van der Waals surface area contributed by atoms with Crippen LogP contribution in [-0.2, 0) is 11.2 Å². The topological polar surface area (TPSA) is 58.4 Å². The largest absolute Gasteiger partial charge is 0.399 e. The fourth-order valence-electron chi connectivity index (χ4n) is 1.53. The van der Waals surface area contributed by atoms with Gasteiger partial charge >= 0.3 is 0 Å². The SMILES string of the molecule is CNCCN(C)C(=O)CCc1ccc(N)cc1. The number of aryl methyl sites for hydroxylation is 1. The molecule has 1 aromatic carbocycles. The van der Waals surface area contributed by atoms with Crippen LogP contribution in [0.4, 0.5) is 5.69 Å². The van der Waals surface area contributed by atoms with Gasteiger partial charge in [0.15, 0.2) is 0 Å². The van der Waals surface area contributed by atoms with Crippen LogP contribution in [-0.4, -0.2) is 38.0 Å². The maximum absolute atomic E-state index is 11.8. The van der Waals surface area contributed by atoms with E-state index in [-0.39, 0.29) is 5.91 Å². The first kappa shape index (κ1) is 13.5. The molecule has 1 rings (SSSR count). The number of hydrogen-bond donors (Lipinski definition) is 2. The highest BCUT2D eigenvalue weighted by atomic mass is 16.2. The van der Waals surface area contributed by atoms with Crippen LogP contribution in [0, 0.1) is 0 Å². The number of nitrogen functional groups attached to an aromatic ring is 1. The van der Waals surface area contributed by atoms with Gasteiger partial charge in [0.1, 0.15) is 0 Å². The molecule has 0 spiro atoms. The van der Waals surface area contributed by atoms with Crippen LogP contribution >= 0.6 is 0 Å². The first-order valence-electron chi connectivity index (χ1n) is 5.86. The number of nitrogens with one attached hydrogen (secondary N) is 1. The smallest absolute Gasteiger partial charge is 0.222 e. The first-order valence-corrected chi connectivity index (χ1v) is 5.86. The Morgan fingerprint density at radius 3 is 2.59 bits per heavy atom. The molecule has 0 fully saturated rings. The monoisotopic (exact) mass is 235 g/mol. The molecule has 0 aromatic heterocycles. The molecule has 1 aromatic rings. The summed E-state index contributed by atoms with van der Waals surface area (Å²) in [6, 6.07) is 7.67. The Hall–Kier alpha value is -1.55. The van der Waals surface area contributed by atoms with E-state index in [0.717, 1.165) is 30.8 Å². The number of likely N-dealkylation sites (N-methyl/N-ethyl adjacent to an activating group) is 2. The number of amides is 1. The van der Waals surface area contributed by atoms with Gasteiger partial charge in [0.2, 0.25) is 5.91 Å². The summed E-state index contributed by atoms with van der Waals surface area (Å²) in [4.78, 5) is 13.5. The van der Waals surface area contributed by atoms with Gasteiger partial charge in [0, 0.05) is 32.2 Å². The van der Waals surface area contributed by atoms with E-state index in [0.29, 0.717) is 6.42 Å². The molecule has 0 heterocycles. The quantitative estimate of drug-likeness (QED) is 0.720. The molecule has 4 heteroatoms. The van der Waals surface area contributed by atoms with Crippen molar-refractivity contribution in [1.29, 1.82) is 0 Å². The predicted octanol–water partition coefficient (Wildman–Crippen LogP) is 0.879. The molecule has 3 N–H and O–H groups in total. The maximum Gasteiger partial charge on any atom is 0.222 e. The van der Waals surface area contributed by atoms with Crippen LogP contribution in [0.15, 0.2) is 24.3 Å². The van der Waals surface area contributed by atoms with Crippen LogP contribution in [0.2, 0.25) is 0 Å². The zero-order chi connectivity index (χ0) is 12.7. The van der Waals surface area contributed by atoms with Gasteiger partial charge in [0.25, 0.3) is 0 Å². The number of rotatable bonds is 6. The van der Waals surface area contributed by atoms with Gasteiger partial charge in [-0.3, -0.25) is 4.79 Å². The van der Waals surface area contributed by atoms with E-state index in [2.05, 4.69) is 5.32 Å². The third-order valence-electron chi connectivity index (χ3n) is 2.73. The number of carbonyl (C=O) groups excluding carboxylic acids is 1. The van der Waals surface area contributed by atoms with Crippen LogP contribution in [0.5, 0.6) is 0 Å². The van der Waals surface area contributed by atoms with Crippen molar-refractivity contribution in [2.24, 2.45) is 0 Å². The highest BCUT2D eigenvalue weighted by molar-refractivity contribution is 5.76. The summed E-state index contributed by atoms with van der Waals surface area (Å²) in [7, 11) is 3.72. The maximum atomic E-state index is 11.8. The first-order chi connectivity index (χ1) is 8.13. The number of nitrogens with zero attached hydrogens (tertiary/aromatic N) is 1. The lowest BCUT2D eigenvalue weighted by Crippen LogP contribution is -2.32. The van der Waals surface area contributed by atoms with E-state index in [1.165, 1.54) is 0 Å². The van der Waals surface area contributed by atoms with Crippen LogP contribution < -0.4 is 11.1 Å². The molecule has 1 amide bonds. The minimum atomic E-state index is 0.178. The third kappa shape index (κ3) is 4.87. The summed E-state index contributed by atoms with van der Waals surface area (Å²) in [5, 5.41) is 3.03. The summed E-state index contributed by atoms with van der Waals surface area (Å²) in [5.41, 5.74) is 7.51. The minimum Gasteiger partial charge on any atom is -0.399 e. The van der Waals surface area contributed by atoms with Crippen molar-refractivity contribution in [1.82, 2.24) is 10.2 Å². The zero-order valence-electron chi connectivity index (χ0n) is 10.6. The lowest BCUT2D eigenvalue weighted by molar-refractivity contribution is -0.129. The average Bonchev–Trinajstić information content (AvgIpc) is 2.34. The molecule has 17 heavy (non-hydrogen) atoms. The highest BCUT2D eigenvalue weighted by Crippen LogP contribution is 2.08. The molecular weight excluding hydrogens is 214 g/mol. The fourth-order valence-corrected chi connectivity index (χ4v) is 1.53. The lowest BCUT2D eigenvalue weighted by Gasteiger charge is -2.16. The molecule has 0 aliphatic rings. The Morgan fingerprint density at radius 1 is 1.35 bits per heavy atom. The minimum absolute atomic E-state index is 0.178. The summed E-state index contributed by atoms with van der Waals surface area (Å²) in [6.07, 6.45) is 1.31. The van der Waals surface area contributed by atoms with Gasteiger partial charge in [-0.1, -0.05) is 12.1 Å². The third-order valence-corrected chi connectivity index (χ3v) is 2.73. The highest BCUT2D eigenvalue weighted by Gasteiger charge is 2.07. The Morgan fingerprint density at radius 2 is 2.00 bits per heavy atom.